The average Bonchev–Trinajstić information content (AvgIpc) is 3.00. The van der Waals surface area contributed by atoms with E-state index in [1.807, 2.05) is 7.05 Å². The Balaban J connectivity index is 1.76. The summed E-state index contributed by atoms with van der Waals surface area (Å²) in [5, 5.41) is 10.3. The smallest absolute Gasteiger partial charge is 0.191 e. The fourth-order valence-electron chi connectivity index (χ4n) is 2.87. The number of aliphatic imine (C=N–C) groups is 1. The van der Waals surface area contributed by atoms with Crippen LogP contribution in [0.5, 0.6) is 0 Å². The van der Waals surface area contributed by atoms with Gasteiger partial charge >= 0.3 is 0 Å². The molecule has 1 aliphatic carbocycles. The Kier molecular flexibility index (Phi) is 6.49. The molecule has 0 unspecified atom stereocenters. The summed E-state index contributed by atoms with van der Waals surface area (Å²) in [6, 6.07) is 0.570. The van der Waals surface area contributed by atoms with Crippen LogP contribution in [0.1, 0.15) is 56.7 Å². The van der Waals surface area contributed by atoms with Crippen molar-refractivity contribution in [1.82, 2.24) is 15.6 Å². The molecule has 0 aromatic carbocycles. The van der Waals surface area contributed by atoms with Crippen molar-refractivity contribution >= 4 is 17.3 Å². The van der Waals surface area contributed by atoms with Crippen molar-refractivity contribution < 1.29 is 0 Å². The summed E-state index contributed by atoms with van der Waals surface area (Å²) in [5.41, 5.74) is 1.11. The molecule has 0 spiro atoms. The fraction of sp³-hybridized carbons (Fsp3) is 0.750. The highest BCUT2D eigenvalue weighted by molar-refractivity contribution is 7.09. The third-order valence-corrected chi connectivity index (χ3v) is 5.37. The van der Waals surface area contributed by atoms with Crippen LogP contribution in [0.25, 0.3) is 0 Å². The van der Waals surface area contributed by atoms with Gasteiger partial charge in [-0.05, 0) is 38.0 Å². The van der Waals surface area contributed by atoms with E-state index < -0.39 is 0 Å². The van der Waals surface area contributed by atoms with Gasteiger partial charge in [0.1, 0.15) is 0 Å². The van der Waals surface area contributed by atoms with E-state index in [1.54, 1.807) is 11.3 Å². The minimum Gasteiger partial charge on any atom is -0.354 e. The van der Waals surface area contributed by atoms with Gasteiger partial charge in [-0.3, -0.25) is 4.99 Å². The standard InChI is InChI=1S/C16H28N4S/c1-4-12-6-8-13(9-7-12)20-16(17-3)18-10-14-11-21-15(5-2)19-14/h11-13H,4-10H2,1-3H3,(H2,17,18,20). The molecule has 0 bridgehead atoms. The second kappa shape index (κ2) is 8.37. The normalized spacial score (nSPS) is 23.1. The predicted octanol–water partition coefficient (Wildman–Crippen LogP) is 3.34. The lowest BCUT2D eigenvalue weighted by Gasteiger charge is -2.29. The van der Waals surface area contributed by atoms with E-state index in [9.17, 15) is 0 Å². The highest BCUT2D eigenvalue weighted by atomic mass is 32.1. The van der Waals surface area contributed by atoms with Gasteiger partial charge in [-0.25, -0.2) is 4.98 Å². The summed E-state index contributed by atoms with van der Waals surface area (Å²) in [6.45, 7) is 5.20. The van der Waals surface area contributed by atoms with Gasteiger partial charge in [0.25, 0.3) is 0 Å². The molecule has 0 radical (unpaired) electrons. The van der Waals surface area contributed by atoms with Crippen LogP contribution in [-0.4, -0.2) is 24.0 Å². The summed E-state index contributed by atoms with van der Waals surface area (Å²) in [7, 11) is 1.84. The maximum Gasteiger partial charge on any atom is 0.191 e. The van der Waals surface area contributed by atoms with Crippen molar-refractivity contribution in [3.05, 3.63) is 16.1 Å². The average molecular weight is 308 g/mol. The Morgan fingerprint density at radius 2 is 2.10 bits per heavy atom. The van der Waals surface area contributed by atoms with Crippen molar-refractivity contribution in [3.8, 4) is 0 Å². The van der Waals surface area contributed by atoms with Gasteiger partial charge in [0.05, 0.1) is 17.2 Å². The second-order valence-electron chi connectivity index (χ2n) is 5.78. The molecule has 1 aromatic rings. The lowest BCUT2D eigenvalue weighted by atomic mass is 9.84. The third kappa shape index (κ3) is 4.99. The number of hydrogen-bond acceptors (Lipinski definition) is 3. The molecule has 2 rings (SSSR count). The number of nitrogens with zero attached hydrogens (tertiary/aromatic N) is 2. The van der Waals surface area contributed by atoms with Gasteiger partial charge in [0.15, 0.2) is 5.96 Å². The van der Waals surface area contributed by atoms with E-state index in [4.69, 9.17) is 0 Å². The number of rotatable bonds is 5. The van der Waals surface area contributed by atoms with Gasteiger partial charge in [-0.2, -0.15) is 0 Å². The van der Waals surface area contributed by atoms with E-state index >= 15 is 0 Å². The van der Waals surface area contributed by atoms with Crippen LogP contribution < -0.4 is 10.6 Å². The molecule has 0 amide bonds. The zero-order valence-electron chi connectivity index (χ0n) is 13.5. The van der Waals surface area contributed by atoms with Crippen molar-refractivity contribution in [1.29, 1.82) is 0 Å². The molecule has 5 heteroatoms. The molecule has 0 saturated heterocycles. The highest BCUT2D eigenvalue weighted by Gasteiger charge is 2.20. The maximum absolute atomic E-state index is 4.58. The highest BCUT2D eigenvalue weighted by Crippen LogP contribution is 2.26. The molecular formula is C16H28N4S. The maximum atomic E-state index is 4.58. The van der Waals surface area contributed by atoms with Crippen molar-refractivity contribution in [2.24, 2.45) is 10.9 Å². The lowest BCUT2D eigenvalue weighted by Crippen LogP contribution is -2.44. The lowest BCUT2D eigenvalue weighted by molar-refractivity contribution is 0.304. The minimum atomic E-state index is 0.570. The van der Waals surface area contributed by atoms with Crippen molar-refractivity contribution in [2.75, 3.05) is 7.05 Å². The van der Waals surface area contributed by atoms with Gasteiger partial charge in [-0.1, -0.05) is 20.3 Å². The van der Waals surface area contributed by atoms with Crippen LogP contribution in [0, 0.1) is 5.92 Å². The predicted molar refractivity (Wildman–Crippen MR) is 90.9 cm³/mol. The molecule has 4 nitrogen and oxygen atoms in total. The molecule has 1 aromatic heterocycles. The number of guanidine groups is 1. The monoisotopic (exact) mass is 308 g/mol. The Hall–Kier alpha value is -1.10. The first-order chi connectivity index (χ1) is 10.2. The summed E-state index contributed by atoms with van der Waals surface area (Å²) < 4.78 is 0. The molecular weight excluding hydrogens is 280 g/mol. The van der Waals surface area contributed by atoms with Crippen molar-refractivity contribution in [2.45, 2.75) is 65.0 Å². The number of aryl methyl sites for hydroxylation is 1. The van der Waals surface area contributed by atoms with E-state index in [-0.39, 0.29) is 0 Å². The molecule has 1 saturated carbocycles. The molecule has 0 aliphatic heterocycles. The van der Waals surface area contributed by atoms with Gasteiger partial charge < -0.3 is 10.6 Å². The quantitative estimate of drug-likeness (QED) is 0.648. The first-order valence-corrected chi connectivity index (χ1v) is 9.03. The number of thiazole rings is 1. The Labute approximate surface area is 132 Å². The second-order valence-corrected chi connectivity index (χ2v) is 6.72. The van der Waals surface area contributed by atoms with Crippen molar-refractivity contribution in [3.63, 3.8) is 0 Å². The molecule has 0 atom stereocenters. The zero-order chi connectivity index (χ0) is 15.1. The van der Waals surface area contributed by atoms with Gasteiger partial charge in [0, 0.05) is 18.5 Å². The van der Waals surface area contributed by atoms with E-state index in [1.165, 1.54) is 37.1 Å². The minimum absolute atomic E-state index is 0.570. The fourth-order valence-corrected chi connectivity index (χ4v) is 3.61. The number of hydrogen-bond donors (Lipinski definition) is 2. The first-order valence-electron chi connectivity index (χ1n) is 8.15. The molecule has 118 valence electrons. The van der Waals surface area contributed by atoms with Crippen LogP contribution in [-0.2, 0) is 13.0 Å². The van der Waals surface area contributed by atoms with E-state index in [0.717, 1.165) is 30.5 Å². The van der Waals surface area contributed by atoms with E-state index in [0.29, 0.717) is 6.04 Å². The Bertz CT molecular complexity index is 447. The summed E-state index contributed by atoms with van der Waals surface area (Å²) in [5.74, 6) is 1.83. The molecule has 2 N–H and O–H groups in total. The number of aromatic nitrogens is 1. The largest absolute Gasteiger partial charge is 0.354 e. The molecule has 1 fully saturated rings. The van der Waals surface area contributed by atoms with Gasteiger partial charge in [-0.15, -0.1) is 11.3 Å². The third-order valence-electron chi connectivity index (χ3n) is 4.33. The molecule has 21 heavy (non-hydrogen) atoms. The first kappa shape index (κ1) is 16.3. The van der Waals surface area contributed by atoms with Crippen LogP contribution in [0.15, 0.2) is 10.4 Å². The topological polar surface area (TPSA) is 49.3 Å². The Morgan fingerprint density at radius 1 is 1.33 bits per heavy atom. The molecule has 1 heterocycles. The summed E-state index contributed by atoms with van der Waals surface area (Å²) in [4.78, 5) is 8.91. The molecule has 1 aliphatic rings. The van der Waals surface area contributed by atoms with Crippen LogP contribution in [0.3, 0.4) is 0 Å². The van der Waals surface area contributed by atoms with Crippen LogP contribution >= 0.6 is 11.3 Å². The zero-order valence-corrected chi connectivity index (χ0v) is 14.3. The number of nitrogens with one attached hydrogen (secondary N) is 2. The summed E-state index contributed by atoms with van der Waals surface area (Å²) in [6.07, 6.45) is 7.54. The van der Waals surface area contributed by atoms with Crippen LogP contribution in [0.4, 0.5) is 0 Å². The summed E-state index contributed by atoms with van der Waals surface area (Å²) >= 11 is 1.74. The Morgan fingerprint density at radius 3 is 2.67 bits per heavy atom. The SMILES string of the molecule is CCc1nc(CNC(=NC)NC2CCC(CC)CC2)cs1. The van der Waals surface area contributed by atoms with Gasteiger partial charge in [0.2, 0.25) is 0 Å². The van der Waals surface area contributed by atoms with Crippen LogP contribution in [0.2, 0.25) is 0 Å². The van der Waals surface area contributed by atoms with E-state index in [2.05, 4.69) is 39.8 Å².